The summed E-state index contributed by atoms with van der Waals surface area (Å²) in [7, 11) is 2.15. The number of Topliss-reactive ketones (excluding diaryl/α,β-unsaturated/α-hetero) is 1. The van der Waals surface area contributed by atoms with Gasteiger partial charge in [-0.05, 0) is 45.0 Å². The highest BCUT2D eigenvalue weighted by Crippen LogP contribution is 2.26. The molecule has 1 aromatic carbocycles. The van der Waals surface area contributed by atoms with Crippen LogP contribution in [0, 0.1) is 13.8 Å². The SMILES string of the molecule is CCOc1c(C)cc(C)cc1C(=O)CCN1CCN(C)CC1. The Bertz CT molecular complexity index is 520. The van der Waals surface area contributed by atoms with Gasteiger partial charge in [-0.1, -0.05) is 6.07 Å². The number of hydrogen-bond acceptors (Lipinski definition) is 4. The minimum absolute atomic E-state index is 0.189. The highest BCUT2D eigenvalue weighted by Gasteiger charge is 2.18. The van der Waals surface area contributed by atoms with Crippen molar-refractivity contribution in [1.29, 1.82) is 0 Å². The molecule has 0 unspecified atom stereocenters. The summed E-state index contributed by atoms with van der Waals surface area (Å²) in [6.45, 7) is 11.7. The van der Waals surface area contributed by atoms with E-state index in [9.17, 15) is 4.79 Å². The maximum atomic E-state index is 12.6. The Morgan fingerprint density at radius 2 is 1.86 bits per heavy atom. The number of carbonyl (C=O) groups excluding carboxylic acids is 1. The van der Waals surface area contributed by atoms with Gasteiger partial charge in [0.05, 0.1) is 12.2 Å². The fraction of sp³-hybridized carbons (Fsp3) is 0.611. The van der Waals surface area contributed by atoms with Crippen molar-refractivity contribution in [3.05, 3.63) is 28.8 Å². The van der Waals surface area contributed by atoms with E-state index in [0.717, 1.165) is 55.2 Å². The van der Waals surface area contributed by atoms with Crippen molar-refractivity contribution < 1.29 is 9.53 Å². The molecule has 0 saturated carbocycles. The molecule has 0 bridgehead atoms. The Balaban J connectivity index is 2.02. The lowest BCUT2D eigenvalue weighted by Gasteiger charge is -2.32. The van der Waals surface area contributed by atoms with Gasteiger partial charge in [0.15, 0.2) is 5.78 Å². The zero-order valence-corrected chi connectivity index (χ0v) is 14.3. The first-order chi connectivity index (χ1) is 10.5. The highest BCUT2D eigenvalue weighted by atomic mass is 16.5. The van der Waals surface area contributed by atoms with Gasteiger partial charge >= 0.3 is 0 Å². The van der Waals surface area contributed by atoms with Crippen LogP contribution in [0.15, 0.2) is 12.1 Å². The van der Waals surface area contributed by atoms with Gasteiger partial charge < -0.3 is 14.5 Å². The number of ether oxygens (including phenoxy) is 1. The second kappa shape index (κ2) is 7.75. The van der Waals surface area contributed by atoms with Crippen LogP contribution in [0.25, 0.3) is 0 Å². The third-order valence-electron chi connectivity index (χ3n) is 4.26. The summed E-state index contributed by atoms with van der Waals surface area (Å²) >= 11 is 0. The number of likely N-dealkylation sites (N-methyl/N-ethyl adjacent to an activating group) is 1. The summed E-state index contributed by atoms with van der Waals surface area (Å²) in [6, 6.07) is 4.03. The summed E-state index contributed by atoms with van der Waals surface area (Å²) in [5.74, 6) is 0.950. The molecule has 0 radical (unpaired) electrons. The van der Waals surface area contributed by atoms with Gasteiger partial charge in [-0.3, -0.25) is 4.79 Å². The fourth-order valence-electron chi connectivity index (χ4n) is 2.96. The lowest BCUT2D eigenvalue weighted by Crippen LogP contribution is -2.45. The molecule has 0 aliphatic carbocycles. The van der Waals surface area contributed by atoms with Crippen LogP contribution in [0.3, 0.4) is 0 Å². The van der Waals surface area contributed by atoms with E-state index in [-0.39, 0.29) is 5.78 Å². The van der Waals surface area contributed by atoms with Gasteiger partial charge in [-0.15, -0.1) is 0 Å². The zero-order chi connectivity index (χ0) is 16.1. The number of carbonyl (C=O) groups is 1. The number of benzene rings is 1. The highest BCUT2D eigenvalue weighted by molar-refractivity contribution is 5.99. The molecule has 1 saturated heterocycles. The van der Waals surface area contributed by atoms with Crippen LogP contribution < -0.4 is 4.74 Å². The maximum Gasteiger partial charge on any atom is 0.167 e. The predicted molar refractivity (Wildman–Crippen MR) is 90.0 cm³/mol. The van der Waals surface area contributed by atoms with Crippen molar-refractivity contribution in [1.82, 2.24) is 9.80 Å². The first-order valence-electron chi connectivity index (χ1n) is 8.19. The minimum Gasteiger partial charge on any atom is -0.493 e. The van der Waals surface area contributed by atoms with E-state index in [1.165, 1.54) is 0 Å². The second-order valence-electron chi connectivity index (χ2n) is 6.21. The standard InChI is InChI=1S/C18H28N2O2/c1-5-22-18-15(3)12-14(2)13-16(18)17(21)6-7-20-10-8-19(4)9-11-20/h12-13H,5-11H2,1-4H3. The van der Waals surface area contributed by atoms with Crippen LogP contribution in [0.1, 0.15) is 34.8 Å². The van der Waals surface area contributed by atoms with Crippen LogP contribution in [0.4, 0.5) is 0 Å². The lowest BCUT2D eigenvalue weighted by molar-refractivity contribution is 0.0938. The van der Waals surface area contributed by atoms with E-state index in [1.807, 2.05) is 26.8 Å². The fourth-order valence-corrected chi connectivity index (χ4v) is 2.96. The molecule has 1 aliphatic heterocycles. The molecular weight excluding hydrogens is 276 g/mol. The van der Waals surface area contributed by atoms with Crippen molar-refractivity contribution >= 4 is 5.78 Å². The average molecular weight is 304 g/mol. The Labute approximate surface area is 134 Å². The molecule has 0 N–H and O–H groups in total. The molecule has 122 valence electrons. The molecule has 1 aliphatic rings. The topological polar surface area (TPSA) is 32.8 Å². The average Bonchev–Trinajstić information content (AvgIpc) is 2.49. The largest absolute Gasteiger partial charge is 0.493 e. The van der Waals surface area contributed by atoms with Gasteiger partial charge in [0.25, 0.3) is 0 Å². The number of nitrogens with zero attached hydrogens (tertiary/aromatic N) is 2. The summed E-state index contributed by atoms with van der Waals surface area (Å²) in [5, 5.41) is 0. The molecule has 1 heterocycles. The van der Waals surface area contributed by atoms with Crippen molar-refractivity contribution in [2.75, 3.05) is 46.4 Å². The maximum absolute atomic E-state index is 12.6. The Morgan fingerprint density at radius 1 is 1.18 bits per heavy atom. The van der Waals surface area contributed by atoms with Crippen molar-refractivity contribution in [3.8, 4) is 5.75 Å². The van der Waals surface area contributed by atoms with E-state index in [1.54, 1.807) is 0 Å². The molecule has 1 fully saturated rings. The van der Waals surface area contributed by atoms with Gasteiger partial charge in [-0.25, -0.2) is 0 Å². The Hall–Kier alpha value is -1.39. The van der Waals surface area contributed by atoms with E-state index in [2.05, 4.69) is 22.9 Å². The van der Waals surface area contributed by atoms with Gasteiger partial charge in [0, 0.05) is 39.1 Å². The summed E-state index contributed by atoms with van der Waals surface area (Å²) < 4.78 is 5.71. The van der Waals surface area contributed by atoms with Crippen LogP contribution in [0.5, 0.6) is 5.75 Å². The zero-order valence-electron chi connectivity index (χ0n) is 14.3. The van der Waals surface area contributed by atoms with Crippen LogP contribution >= 0.6 is 0 Å². The van der Waals surface area contributed by atoms with Crippen molar-refractivity contribution in [2.45, 2.75) is 27.2 Å². The van der Waals surface area contributed by atoms with E-state index >= 15 is 0 Å². The number of ketones is 1. The van der Waals surface area contributed by atoms with Gasteiger partial charge in [0.2, 0.25) is 0 Å². The molecule has 2 rings (SSSR count). The third kappa shape index (κ3) is 4.31. The molecule has 22 heavy (non-hydrogen) atoms. The number of rotatable bonds is 6. The number of aryl methyl sites for hydroxylation is 2. The van der Waals surface area contributed by atoms with E-state index in [4.69, 9.17) is 4.74 Å². The second-order valence-corrected chi connectivity index (χ2v) is 6.21. The third-order valence-corrected chi connectivity index (χ3v) is 4.26. The van der Waals surface area contributed by atoms with Crippen LogP contribution in [-0.4, -0.2) is 62.0 Å². The first-order valence-corrected chi connectivity index (χ1v) is 8.19. The van der Waals surface area contributed by atoms with E-state index < -0.39 is 0 Å². The molecule has 0 aromatic heterocycles. The van der Waals surface area contributed by atoms with Gasteiger partial charge in [0.1, 0.15) is 5.75 Å². The quantitative estimate of drug-likeness (QED) is 0.756. The molecule has 1 aromatic rings. The predicted octanol–water partition coefficient (Wildman–Crippen LogP) is 2.52. The minimum atomic E-state index is 0.189. The van der Waals surface area contributed by atoms with Crippen molar-refractivity contribution in [2.24, 2.45) is 0 Å². The Morgan fingerprint density at radius 3 is 2.50 bits per heavy atom. The molecule has 0 amide bonds. The number of piperazine rings is 1. The molecule has 0 spiro atoms. The smallest absolute Gasteiger partial charge is 0.167 e. The van der Waals surface area contributed by atoms with Crippen LogP contribution in [0.2, 0.25) is 0 Å². The van der Waals surface area contributed by atoms with E-state index in [0.29, 0.717) is 13.0 Å². The summed E-state index contributed by atoms with van der Waals surface area (Å²) in [4.78, 5) is 17.3. The molecule has 0 atom stereocenters. The molecular formula is C18H28N2O2. The molecule has 4 nitrogen and oxygen atoms in total. The monoisotopic (exact) mass is 304 g/mol. The van der Waals surface area contributed by atoms with Crippen LogP contribution in [-0.2, 0) is 0 Å². The van der Waals surface area contributed by atoms with Crippen molar-refractivity contribution in [3.63, 3.8) is 0 Å². The van der Waals surface area contributed by atoms with Gasteiger partial charge in [-0.2, -0.15) is 0 Å². The number of hydrogen-bond donors (Lipinski definition) is 0. The molecule has 4 heteroatoms. The normalized spacial score (nSPS) is 16.7. The summed E-state index contributed by atoms with van der Waals surface area (Å²) in [6.07, 6.45) is 0.562. The lowest BCUT2D eigenvalue weighted by atomic mass is 10.0. The summed E-state index contributed by atoms with van der Waals surface area (Å²) in [5.41, 5.74) is 2.90. The first kappa shape index (κ1) is 17.0. The Kier molecular flexibility index (Phi) is 5.98.